The van der Waals surface area contributed by atoms with Gasteiger partial charge in [-0.25, -0.2) is 14.4 Å². The van der Waals surface area contributed by atoms with E-state index in [1.807, 2.05) is 12.1 Å². The largest absolute Gasteiger partial charge is 0.459 e. The third-order valence-corrected chi connectivity index (χ3v) is 6.70. The summed E-state index contributed by atoms with van der Waals surface area (Å²) in [6.07, 6.45) is 4.91. The number of imide groups is 1. The van der Waals surface area contributed by atoms with Crippen molar-refractivity contribution in [3.8, 4) is 0 Å². The van der Waals surface area contributed by atoms with Crippen molar-refractivity contribution in [1.29, 1.82) is 0 Å². The first kappa shape index (κ1) is 22.1. The van der Waals surface area contributed by atoms with Crippen LogP contribution in [0.1, 0.15) is 16.1 Å². The smallest absolute Gasteiger partial charge is 0.332 e. The number of aliphatic imine (C=N–C) groups is 1. The lowest BCUT2D eigenvalue weighted by molar-refractivity contribution is -0.538. The van der Waals surface area contributed by atoms with Crippen LogP contribution in [0.5, 0.6) is 0 Å². The molecule has 2 fully saturated rings. The zero-order chi connectivity index (χ0) is 23.8. The van der Waals surface area contributed by atoms with Crippen LogP contribution in [-0.4, -0.2) is 81.9 Å². The molecule has 4 heterocycles. The van der Waals surface area contributed by atoms with E-state index in [9.17, 15) is 14.4 Å². The second kappa shape index (κ2) is 8.90. The van der Waals surface area contributed by atoms with E-state index in [0.29, 0.717) is 48.4 Å². The lowest BCUT2D eigenvalue weighted by atomic mass is 9.94. The number of amidine groups is 1. The van der Waals surface area contributed by atoms with Crippen molar-refractivity contribution in [2.24, 2.45) is 10.9 Å². The van der Waals surface area contributed by atoms with Crippen molar-refractivity contribution in [3.63, 3.8) is 0 Å². The fourth-order valence-electron chi connectivity index (χ4n) is 4.49. The molecule has 4 amide bonds. The molecule has 0 radical (unpaired) electrons. The van der Waals surface area contributed by atoms with E-state index >= 15 is 0 Å². The third-order valence-electron chi connectivity index (χ3n) is 6.33. The second-order valence-corrected chi connectivity index (χ2v) is 8.68. The van der Waals surface area contributed by atoms with Gasteiger partial charge in [-0.05, 0) is 23.8 Å². The monoisotopic (exact) mass is 480 g/mol. The molecule has 9 nitrogen and oxygen atoms in total. The first-order valence-electron chi connectivity index (χ1n) is 11.0. The number of carbonyl (C=O) groups is 3. The van der Waals surface area contributed by atoms with Gasteiger partial charge in [0.25, 0.3) is 11.8 Å². The van der Waals surface area contributed by atoms with Crippen LogP contribution in [0, 0.1) is 5.92 Å². The van der Waals surface area contributed by atoms with Gasteiger partial charge in [-0.15, -0.1) is 0 Å². The Hall–Kier alpha value is -3.72. The molecule has 1 aromatic carbocycles. The number of piperazine rings is 1. The minimum absolute atomic E-state index is 0.0773. The van der Waals surface area contributed by atoms with Crippen molar-refractivity contribution in [2.45, 2.75) is 6.54 Å². The van der Waals surface area contributed by atoms with Gasteiger partial charge in [-0.1, -0.05) is 29.8 Å². The number of carbonyl (C=O) groups excluding carboxylic acids is 3. The normalized spacial score (nSPS) is 20.6. The molecule has 3 aliphatic heterocycles. The third kappa shape index (κ3) is 3.81. The second-order valence-electron chi connectivity index (χ2n) is 8.27. The number of allylic oxidation sites excluding steroid dienone is 1. The van der Waals surface area contributed by atoms with Gasteiger partial charge in [0.05, 0.1) is 25.9 Å². The van der Waals surface area contributed by atoms with Crippen LogP contribution in [0.15, 0.2) is 64.3 Å². The van der Waals surface area contributed by atoms with Crippen molar-refractivity contribution < 1.29 is 23.4 Å². The average Bonchev–Trinajstić information content (AvgIpc) is 3.41. The van der Waals surface area contributed by atoms with Gasteiger partial charge in [0.1, 0.15) is 5.84 Å². The fraction of sp³-hybridized carbons (Fsp3) is 0.292. The summed E-state index contributed by atoms with van der Waals surface area (Å²) in [6.45, 7) is 2.15. The first-order chi connectivity index (χ1) is 16.5. The van der Waals surface area contributed by atoms with E-state index in [0.717, 1.165) is 5.71 Å². The van der Waals surface area contributed by atoms with E-state index in [1.165, 1.54) is 16.1 Å². The topological polar surface area (TPSA) is 89.4 Å². The molecule has 0 spiro atoms. The quantitative estimate of drug-likeness (QED) is 0.631. The number of hydrogen-bond donors (Lipinski definition) is 0. The molecule has 2 aromatic rings. The Morgan fingerprint density at radius 2 is 1.94 bits per heavy atom. The summed E-state index contributed by atoms with van der Waals surface area (Å²) in [6, 6.07) is 10.1. The van der Waals surface area contributed by atoms with Crippen LogP contribution in [0.2, 0.25) is 5.02 Å². The highest BCUT2D eigenvalue weighted by molar-refractivity contribution is 6.32. The Kier molecular flexibility index (Phi) is 5.79. The Balaban J connectivity index is 1.40. The summed E-state index contributed by atoms with van der Waals surface area (Å²) in [4.78, 5) is 48.0. The van der Waals surface area contributed by atoms with E-state index in [2.05, 4.69) is 9.57 Å². The average molecular weight is 481 g/mol. The van der Waals surface area contributed by atoms with Crippen molar-refractivity contribution >= 4 is 41.0 Å². The Labute approximate surface area is 201 Å². The molecule has 1 aromatic heterocycles. The van der Waals surface area contributed by atoms with E-state index in [-0.39, 0.29) is 18.4 Å². The molecule has 34 heavy (non-hydrogen) atoms. The molecule has 10 heteroatoms. The lowest BCUT2D eigenvalue weighted by Gasteiger charge is -2.38. The highest BCUT2D eigenvalue weighted by Crippen LogP contribution is 2.26. The summed E-state index contributed by atoms with van der Waals surface area (Å²) >= 11 is 6.29. The summed E-state index contributed by atoms with van der Waals surface area (Å²) < 4.78 is 7.31. The van der Waals surface area contributed by atoms with Gasteiger partial charge >= 0.3 is 6.03 Å². The van der Waals surface area contributed by atoms with Crippen LogP contribution in [0.4, 0.5) is 4.79 Å². The number of halogens is 1. The minimum Gasteiger partial charge on any atom is -0.459 e. The number of furan rings is 1. The number of hydrogen-bond acceptors (Lipinski definition) is 5. The number of nitrogens with zero attached hydrogens (tertiary/aromatic N) is 5. The van der Waals surface area contributed by atoms with Gasteiger partial charge in [0.2, 0.25) is 0 Å². The molecular formula is C24H23ClN5O4+. The summed E-state index contributed by atoms with van der Waals surface area (Å²) in [5.41, 5.74) is 1.46. The summed E-state index contributed by atoms with van der Waals surface area (Å²) in [5.74, 6) is -0.485. The first-order valence-corrected chi connectivity index (χ1v) is 11.3. The number of amides is 4. The molecule has 2 saturated heterocycles. The highest BCUT2D eigenvalue weighted by Gasteiger charge is 2.49. The van der Waals surface area contributed by atoms with Crippen LogP contribution in [0.25, 0.3) is 0 Å². The molecule has 3 aliphatic rings. The Morgan fingerprint density at radius 3 is 2.65 bits per heavy atom. The zero-order valence-electron chi connectivity index (χ0n) is 18.6. The molecule has 5 rings (SSSR count). The van der Waals surface area contributed by atoms with E-state index < -0.39 is 11.9 Å². The highest BCUT2D eigenvalue weighted by atomic mass is 35.5. The molecule has 0 aliphatic carbocycles. The standard InChI is InChI=1S/C24H23ClN5O4/c1-27-21-20(23(32)30(24(27)33)15-16-5-2-3-6-17(16)25)18(8-9-26-21)28-10-12-29(13-11-28)22(31)19-7-4-14-34-19/h2-9,14,20H,10-13,15H2,1H3/q+1. The molecule has 0 saturated carbocycles. The molecule has 0 N–H and O–H groups in total. The number of benzene rings is 1. The van der Waals surface area contributed by atoms with Crippen LogP contribution >= 0.6 is 11.6 Å². The number of urea groups is 1. The minimum atomic E-state index is -0.706. The van der Waals surface area contributed by atoms with Crippen molar-refractivity contribution in [3.05, 3.63) is 71.3 Å². The van der Waals surface area contributed by atoms with Gasteiger partial charge in [0.15, 0.2) is 30.5 Å². The van der Waals surface area contributed by atoms with Gasteiger partial charge in [-0.2, -0.15) is 0 Å². The molecular weight excluding hydrogens is 458 g/mol. The molecule has 1 unspecified atom stereocenters. The predicted octanol–water partition coefficient (Wildman–Crippen LogP) is 2.48. The Bertz CT molecular complexity index is 1240. The van der Waals surface area contributed by atoms with Crippen LogP contribution in [0.3, 0.4) is 0 Å². The Morgan fingerprint density at radius 1 is 1.18 bits per heavy atom. The summed E-state index contributed by atoms with van der Waals surface area (Å²) in [5, 5.41) is 0.496. The van der Waals surface area contributed by atoms with E-state index in [1.54, 1.807) is 48.5 Å². The number of fused-ring (bicyclic) bond motifs is 1. The maximum atomic E-state index is 13.6. The van der Waals surface area contributed by atoms with Gasteiger partial charge in [0, 0.05) is 24.3 Å². The lowest BCUT2D eigenvalue weighted by Crippen LogP contribution is -2.61. The predicted molar refractivity (Wildman–Crippen MR) is 125 cm³/mol. The number of rotatable bonds is 3. The SMILES string of the molecule is CN1C(=O)N(Cc2ccccc2Cl)C(=O)C2C1=NC=CC2=[N+]1CCN(C(=O)c2ccco2)CC1. The van der Waals surface area contributed by atoms with E-state index in [4.69, 9.17) is 16.0 Å². The van der Waals surface area contributed by atoms with Crippen molar-refractivity contribution in [2.75, 3.05) is 33.2 Å². The summed E-state index contributed by atoms with van der Waals surface area (Å²) in [7, 11) is 1.62. The van der Waals surface area contributed by atoms with Crippen LogP contribution < -0.4 is 0 Å². The van der Waals surface area contributed by atoms with Gasteiger partial charge in [-0.3, -0.25) is 19.4 Å². The molecule has 174 valence electrons. The molecule has 0 bridgehead atoms. The van der Waals surface area contributed by atoms with Gasteiger partial charge < -0.3 is 9.32 Å². The zero-order valence-corrected chi connectivity index (χ0v) is 19.3. The van der Waals surface area contributed by atoms with Crippen LogP contribution in [-0.2, 0) is 11.3 Å². The van der Waals surface area contributed by atoms with Crippen molar-refractivity contribution in [1.82, 2.24) is 14.7 Å². The fourth-order valence-corrected chi connectivity index (χ4v) is 4.69. The maximum Gasteiger partial charge on any atom is 0.332 e. The maximum absolute atomic E-state index is 13.6. The molecule has 1 atom stereocenters.